The molecule has 0 aliphatic carbocycles. The fraction of sp³-hybridized carbons (Fsp3) is 0.588. The highest BCUT2D eigenvalue weighted by atomic mass is 16.5. The number of nitrogens with one attached hydrogen (secondary N) is 2. The SMILES string of the molecule is CNC(C)CNC(=O)C(C)Oc1cccc(C(C)(C)C)c1. The lowest BCUT2D eigenvalue weighted by atomic mass is 9.87. The second-order valence-corrected chi connectivity index (χ2v) is 6.47. The van der Waals surface area contributed by atoms with Crippen LogP contribution in [-0.2, 0) is 10.2 Å². The predicted molar refractivity (Wildman–Crippen MR) is 86.8 cm³/mol. The van der Waals surface area contributed by atoms with Gasteiger partial charge in [0, 0.05) is 12.6 Å². The van der Waals surface area contributed by atoms with Crippen molar-refractivity contribution in [1.29, 1.82) is 0 Å². The van der Waals surface area contributed by atoms with Gasteiger partial charge in [-0.3, -0.25) is 4.79 Å². The standard InChI is InChI=1S/C17H28N2O2/c1-12(18-6)11-19-16(20)13(2)21-15-9-7-8-14(10-15)17(3,4)5/h7-10,12-13,18H,11H2,1-6H3,(H,19,20). The topological polar surface area (TPSA) is 50.4 Å². The van der Waals surface area contributed by atoms with Crippen LogP contribution in [-0.4, -0.2) is 31.6 Å². The van der Waals surface area contributed by atoms with E-state index >= 15 is 0 Å². The lowest BCUT2D eigenvalue weighted by molar-refractivity contribution is -0.127. The van der Waals surface area contributed by atoms with Crippen LogP contribution < -0.4 is 15.4 Å². The van der Waals surface area contributed by atoms with Crippen molar-refractivity contribution < 1.29 is 9.53 Å². The van der Waals surface area contributed by atoms with Crippen molar-refractivity contribution >= 4 is 5.91 Å². The van der Waals surface area contributed by atoms with Gasteiger partial charge in [0.1, 0.15) is 5.75 Å². The van der Waals surface area contributed by atoms with E-state index in [-0.39, 0.29) is 17.4 Å². The Labute approximate surface area is 128 Å². The zero-order valence-electron chi connectivity index (χ0n) is 14.0. The second-order valence-electron chi connectivity index (χ2n) is 6.47. The third kappa shape index (κ3) is 5.76. The Morgan fingerprint density at radius 3 is 2.52 bits per heavy atom. The number of rotatable bonds is 6. The van der Waals surface area contributed by atoms with Crippen LogP contribution in [0.25, 0.3) is 0 Å². The molecule has 4 nitrogen and oxygen atoms in total. The van der Waals surface area contributed by atoms with Crippen molar-refractivity contribution in [2.45, 2.75) is 52.2 Å². The van der Waals surface area contributed by atoms with Crippen molar-refractivity contribution in [3.63, 3.8) is 0 Å². The third-order valence-corrected chi connectivity index (χ3v) is 3.46. The molecule has 0 saturated carbocycles. The smallest absolute Gasteiger partial charge is 0.260 e. The van der Waals surface area contributed by atoms with E-state index in [1.165, 1.54) is 5.56 Å². The highest BCUT2D eigenvalue weighted by Gasteiger charge is 2.17. The molecule has 0 aliphatic heterocycles. The fourth-order valence-electron chi connectivity index (χ4n) is 1.79. The van der Waals surface area contributed by atoms with E-state index in [1.54, 1.807) is 6.92 Å². The Morgan fingerprint density at radius 2 is 1.95 bits per heavy atom. The van der Waals surface area contributed by atoms with Crippen molar-refractivity contribution in [3.8, 4) is 5.75 Å². The minimum absolute atomic E-state index is 0.0626. The average Bonchev–Trinajstić information content (AvgIpc) is 2.43. The molecule has 0 spiro atoms. The van der Waals surface area contributed by atoms with Crippen LogP contribution in [0.2, 0.25) is 0 Å². The summed E-state index contributed by atoms with van der Waals surface area (Å²) >= 11 is 0. The molecule has 118 valence electrons. The van der Waals surface area contributed by atoms with E-state index in [0.29, 0.717) is 6.54 Å². The van der Waals surface area contributed by atoms with Crippen molar-refractivity contribution in [2.24, 2.45) is 0 Å². The first-order chi connectivity index (χ1) is 9.74. The van der Waals surface area contributed by atoms with Crippen molar-refractivity contribution in [3.05, 3.63) is 29.8 Å². The largest absolute Gasteiger partial charge is 0.481 e. The van der Waals surface area contributed by atoms with Gasteiger partial charge in [-0.25, -0.2) is 0 Å². The first kappa shape index (κ1) is 17.5. The summed E-state index contributed by atoms with van der Waals surface area (Å²) in [7, 11) is 1.87. The average molecular weight is 292 g/mol. The summed E-state index contributed by atoms with van der Waals surface area (Å²) in [6, 6.07) is 8.16. The van der Waals surface area contributed by atoms with Gasteiger partial charge in [-0.15, -0.1) is 0 Å². The number of likely N-dealkylation sites (N-methyl/N-ethyl adjacent to an activating group) is 1. The minimum atomic E-state index is -0.510. The zero-order chi connectivity index (χ0) is 16.0. The van der Waals surface area contributed by atoms with E-state index in [0.717, 1.165) is 5.75 Å². The van der Waals surface area contributed by atoms with Gasteiger partial charge in [0.25, 0.3) is 5.91 Å². The first-order valence-electron chi connectivity index (χ1n) is 7.46. The molecule has 1 amide bonds. The van der Waals surface area contributed by atoms with Crippen LogP contribution in [0, 0.1) is 0 Å². The maximum Gasteiger partial charge on any atom is 0.260 e. The van der Waals surface area contributed by atoms with Crippen LogP contribution >= 0.6 is 0 Å². The number of hydrogen-bond acceptors (Lipinski definition) is 3. The van der Waals surface area contributed by atoms with Crippen LogP contribution in [0.3, 0.4) is 0 Å². The summed E-state index contributed by atoms with van der Waals surface area (Å²) < 4.78 is 5.75. The number of carbonyl (C=O) groups is 1. The quantitative estimate of drug-likeness (QED) is 0.847. The number of ether oxygens (including phenoxy) is 1. The summed E-state index contributed by atoms with van der Waals surface area (Å²) in [6.07, 6.45) is -0.510. The molecule has 0 saturated heterocycles. The number of carbonyl (C=O) groups excluding carboxylic acids is 1. The Kier molecular flexibility index (Phi) is 6.21. The summed E-state index contributed by atoms with van der Waals surface area (Å²) in [4.78, 5) is 12.0. The van der Waals surface area contributed by atoms with Crippen LogP contribution in [0.1, 0.15) is 40.2 Å². The highest BCUT2D eigenvalue weighted by molar-refractivity contribution is 5.80. The summed E-state index contributed by atoms with van der Waals surface area (Å²) in [5.74, 6) is 0.630. The molecule has 21 heavy (non-hydrogen) atoms. The van der Waals surface area contributed by atoms with Crippen molar-refractivity contribution in [1.82, 2.24) is 10.6 Å². The number of benzene rings is 1. The van der Waals surface area contributed by atoms with Gasteiger partial charge in [0.05, 0.1) is 0 Å². The van der Waals surface area contributed by atoms with Gasteiger partial charge >= 0.3 is 0 Å². The summed E-state index contributed by atoms with van der Waals surface area (Å²) in [5, 5.41) is 5.95. The van der Waals surface area contributed by atoms with Gasteiger partial charge in [0.15, 0.2) is 6.10 Å². The minimum Gasteiger partial charge on any atom is -0.481 e. The third-order valence-electron chi connectivity index (χ3n) is 3.46. The van der Waals surface area contributed by atoms with E-state index in [9.17, 15) is 4.79 Å². The van der Waals surface area contributed by atoms with Gasteiger partial charge in [0.2, 0.25) is 0 Å². The predicted octanol–water partition coefficient (Wildman–Crippen LogP) is 2.48. The maximum atomic E-state index is 12.0. The zero-order valence-corrected chi connectivity index (χ0v) is 14.0. The van der Waals surface area contributed by atoms with Gasteiger partial charge in [-0.2, -0.15) is 0 Å². The highest BCUT2D eigenvalue weighted by Crippen LogP contribution is 2.26. The molecule has 1 rings (SSSR count). The fourth-order valence-corrected chi connectivity index (χ4v) is 1.79. The molecule has 2 atom stereocenters. The van der Waals surface area contributed by atoms with Crippen LogP contribution in [0.5, 0.6) is 5.75 Å². The molecule has 4 heteroatoms. The molecule has 0 fully saturated rings. The molecular formula is C17H28N2O2. The number of hydrogen-bond donors (Lipinski definition) is 2. The van der Waals surface area contributed by atoms with Crippen LogP contribution in [0.15, 0.2) is 24.3 Å². The van der Waals surface area contributed by atoms with Gasteiger partial charge < -0.3 is 15.4 Å². The van der Waals surface area contributed by atoms with E-state index in [1.807, 2.05) is 32.2 Å². The van der Waals surface area contributed by atoms with Crippen molar-refractivity contribution in [2.75, 3.05) is 13.6 Å². The Hall–Kier alpha value is -1.55. The lowest BCUT2D eigenvalue weighted by Gasteiger charge is -2.21. The van der Waals surface area contributed by atoms with E-state index < -0.39 is 6.10 Å². The summed E-state index contributed by atoms with van der Waals surface area (Å²) in [6.45, 7) is 10.8. The van der Waals surface area contributed by atoms with Gasteiger partial charge in [-0.1, -0.05) is 32.9 Å². The number of amides is 1. The Morgan fingerprint density at radius 1 is 1.29 bits per heavy atom. The second kappa shape index (κ2) is 7.46. The molecular weight excluding hydrogens is 264 g/mol. The molecule has 0 bridgehead atoms. The molecule has 0 aromatic heterocycles. The molecule has 0 heterocycles. The molecule has 2 unspecified atom stereocenters. The molecule has 1 aromatic carbocycles. The normalized spacial score (nSPS) is 14.4. The maximum absolute atomic E-state index is 12.0. The summed E-state index contributed by atoms with van der Waals surface area (Å²) in [5.41, 5.74) is 1.25. The first-order valence-corrected chi connectivity index (χ1v) is 7.46. The molecule has 0 aliphatic rings. The molecule has 2 N–H and O–H groups in total. The Bertz CT molecular complexity index is 466. The van der Waals surface area contributed by atoms with Crippen LogP contribution in [0.4, 0.5) is 0 Å². The lowest BCUT2D eigenvalue weighted by Crippen LogP contribution is -2.42. The van der Waals surface area contributed by atoms with E-state index in [2.05, 4.69) is 37.5 Å². The monoisotopic (exact) mass is 292 g/mol. The van der Waals surface area contributed by atoms with Gasteiger partial charge in [-0.05, 0) is 44.0 Å². The molecule has 1 aromatic rings. The Balaban J connectivity index is 2.62. The van der Waals surface area contributed by atoms with E-state index in [4.69, 9.17) is 4.74 Å². The molecule has 0 radical (unpaired) electrons.